The molecule has 0 aliphatic carbocycles. The Kier molecular flexibility index (Phi) is 9.92. The van der Waals surface area contributed by atoms with Crippen LogP contribution in [0.5, 0.6) is 0 Å². The van der Waals surface area contributed by atoms with Crippen LogP contribution in [0.4, 0.5) is 0 Å². The normalized spacial score (nSPS) is 11.8. The Morgan fingerprint density at radius 3 is 0.986 bits per heavy atom. The molecule has 2 heteroatoms. The Bertz CT molecular complexity index is 3920. The van der Waals surface area contributed by atoms with Crippen molar-refractivity contribution in [3.8, 4) is 66.8 Å². The van der Waals surface area contributed by atoms with Gasteiger partial charge in [0.25, 0.3) is 0 Å². The molecule has 0 saturated heterocycles. The lowest BCUT2D eigenvalue weighted by molar-refractivity contribution is 0.827. The van der Waals surface area contributed by atoms with Gasteiger partial charge in [0.05, 0.1) is 0 Å². The quantitative estimate of drug-likeness (QED) is 0.135. The Balaban J connectivity index is 1.01. The van der Waals surface area contributed by atoms with Crippen LogP contribution in [0.1, 0.15) is 25.0 Å². The summed E-state index contributed by atoms with van der Waals surface area (Å²) in [4.78, 5) is 0. The summed E-state index contributed by atoms with van der Waals surface area (Å²) in [6.07, 6.45) is 0. The first-order valence-electron chi connectivity index (χ1n) is 24.8. The van der Waals surface area contributed by atoms with Crippen LogP contribution in [0.2, 0.25) is 0 Å². The third-order valence-corrected chi connectivity index (χ3v) is 15.0. The largest absolute Gasteiger partial charge is 0.341 e. The highest BCUT2D eigenvalue weighted by Crippen LogP contribution is 2.47. The molecule has 0 unspecified atom stereocenters. The van der Waals surface area contributed by atoms with Crippen LogP contribution in [-0.2, 0) is 13.1 Å². The molecule has 11 aromatic carbocycles. The molecule has 0 amide bonds. The van der Waals surface area contributed by atoms with Crippen LogP contribution in [0.3, 0.4) is 0 Å². The van der Waals surface area contributed by atoms with E-state index in [9.17, 15) is 0 Å². The summed E-state index contributed by atoms with van der Waals surface area (Å²) in [6.45, 7) is 10.7. The molecule has 2 heterocycles. The fraction of sp³-hybridized carbons (Fsp3) is 0.0882. The molecule has 0 radical (unpaired) electrons. The minimum absolute atomic E-state index is 0.936. The number of nitrogens with zero attached hydrogens (tertiary/aromatic N) is 2. The summed E-state index contributed by atoms with van der Waals surface area (Å²) < 4.78 is 4.85. The average molecular weight is 897 g/mol. The summed E-state index contributed by atoms with van der Waals surface area (Å²) in [7, 11) is 0. The molecule has 2 aromatic heterocycles. The second kappa shape index (κ2) is 16.6. The summed E-state index contributed by atoms with van der Waals surface area (Å²) in [5.41, 5.74) is 22.3. The second-order valence-electron chi connectivity index (χ2n) is 19.2. The van der Waals surface area contributed by atoms with Crippen LogP contribution >= 0.6 is 0 Å². The van der Waals surface area contributed by atoms with Crippen LogP contribution in [-0.4, -0.2) is 9.13 Å². The lowest BCUT2D eigenvalue weighted by Gasteiger charge is -2.20. The van der Waals surface area contributed by atoms with Gasteiger partial charge in [-0.3, -0.25) is 0 Å². The standard InChI is InChI=1S/C68H52N2/c1-5-69-63-19-9-7-17-55(63)59-39-51(31-35-65(59)69)45-21-25-47(26-22-45)67-57-33-29-54(50-16-12-14-44(4)38-50)42-62(57)68(58-34-30-53(41-61(58)67)49-15-11-13-43(3)37-49)48-27-23-46(24-28-48)52-32-36-66-60(40-52)56-18-8-10-20-64(56)70(66)6-2/h7-42H,5-6H2,1-4H3. The highest BCUT2D eigenvalue weighted by molar-refractivity contribution is 6.23. The zero-order valence-electron chi connectivity index (χ0n) is 40.1. The summed E-state index contributed by atoms with van der Waals surface area (Å²) >= 11 is 0. The maximum atomic E-state index is 2.44. The molecule has 0 atom stereocenters. The lowest BCUT2D eigenvalue weighted by atomic mass is 9.83. The van der Waals surface area contributed by atoms with Gasteiger partial charge in [-0.05, 0) is 165 Å². The van der Waals surface area contributed by atoms with E-state index in [0.717, 1.165) is 13.1 Å². The van der Waals surface area contributed by atoms with Crippen LogP contribution < -0.4 is 0 Å². The topological polar surface area (TPSA) is 9.86 Å². The van der Waals surface area contributed by atoms with Gasteiger partial charge < -0.3 is 9.13 Å². The van der Waals surface area contributed by atoms with Gasteiger partial charge in [0, 0.05) is 56.7 Å². The van der Waals surface area contributed by atoms with Crippen molar-refractivity contribution < 1.29 is 0 Å². The Morgan fingerprint density at radius 1 is 0.243 bits per heavy atom. The fourth-order valence-electron chi connectivity index (χ4n) is 11.7. The molecule has 0 N–H and O–H groups in total. The van der Waals surface area contributed by atoms with Gasteiger partial charge in [-0.25, -0.2) is 0 Å². The van der Waals surface area contributed by atoms with Crippen LogP contribution in [0.15, 0.2) is 218 Å². The van der Waals surface area contributed by atoms with Crippen LogP contribution in [0.25, 0.3) is 132 Å². The third-order valence-electron chi connectivity index (χ3n) is 15.0. The van der Waals surface area contributed by atoms with Gasteiger partial charge in [0.15, 0.2) is 0 Å². The van der Waals surface area contributed by atoms with E-state index in [2.05, 4.69) is 255 Å². The predicted octanol–water partition coefficient (Wildman–Crippen LogP) is 18.9. The fourth-order valence-corrected chi connectivity index (χ4v) is 11.7. The molecule has 334 valence electrons. The van der Waals surface area contributed by atoms with Gasteiger partial charge >= 0.3 is 0 Å². The van der Waals surface area contributed by atoms with E-state index < -0.39 is 0 Å². The average Bonchev–Trinajstić information content (AvgIpc) is 3.91. The number of benzene rings is 11. The number of aromatic nitrogens is 2. The first-order valence-corrected chi connectivity index (χ1v) is 24.8. The molecule has 0 fully saturated rings. The number of hydrogen-bond acceptors (Lipinski definition) is 0. The van der Waals surface area contributed by atoms with Crippen molar-refractivity contribution in [3.63, 3.8) is 0 Å². The summed E-state index contributed by atoms with van der Waals surface area (Å²) in [6, 6.07) is 82.3. The van der Waals surface area contributed by atoms with Gasteiger partial charge in [-0.1, -0.05) is 181 Å². The monoisotopic (exact) mass is 896 g/mol. The van der Waals surface area contributed by atoms with Crippen molar-refractivity contribution in [2.75, 3.05) is 0 Å². The highest BCUT2D eigenvalue weighted by atomic mass is 15.0. The van der Waals surface area contributed by atoms with Gasteiger partial charge in [-0.15, -0.1) is 0 Å². The SMILES string of the molecule is CCn1c2ccccc2c2cc(-c3ccc(-c4c5ccc(-c6cccc(C)c6)cc5c(-c5ccc(-c6ccc7c(c6)c6ccccc6n7CC)cc5)c5ccc(-c6cccc(C)c6)cc45)cc3)ccc21. The van der Waals surface area contributed by atoms with Gasteiger partial charge in [0.1, 0.15) is 0 Å². The predicted molar refractivity (Wildman–Crippen MR) is 301 cm³/mol. The smallest absolute Gasteiger partial charge is 0.0491 e. The maximum absolute atomic E-state index is 2.44. The van der Waals surface area contributed by atoms with Crippen molar-refractivity contribution in [1.29, 1.82) is 0 Å². The third kappa shape index (κ3) is 6.78. The number of hydrogen-bond donors (Lipinski definition) is 0. The Labute approximate surface area is 409 Å². The zero-order chi connectivity index (χ0) is 47.0. The van der Waals surface area contributed by atoms with Crippen molar-refractivity contribution >= 4 is 65.2 Å². The highest BCUT2D eigenvalue weighted by Gasteiger charge is 2.20. The zero-order valence-corrected chi connectivity index (χ0v) is 40.1. The molecule has 2 nitrogen and oxygen atoms in total. The Hall–Kier alpha value is -8.46. The molecular weight excluding hydrogens is 845 g/mol. The molecule has 13 rings (SSSR count). The molecule has 0 saturated carbocycles. The molecule has 0 aliphatic heterocycles. The first kappa shape index (κ1) is 41.7. The van der Waals surface area contributed by atoms with Crippen molar-refractivity contribution in [1.82, 2.24) is 9.13 Å². The number of aryl methyl sites for hydroxylation is 4. The van der Waals surface area contributed by atoms with Gasteiger partial charge in [-0.2, -0.15) is 0 Å². The minimum atomic E-state index is 0.936. The number of para-hydroxylation sites is 2. The van der Waals surface area contributed by atoms with E-state index in [4.69, 9.17) is 0 Å². The van der Waals surface area contributed by atoms with E-state index in [1.807, 2.05) is 0 Å². The van der Waals surface area contributed by atoms with Crippen molar-refractivity contribution in [2.45, 2.75) is 40.8 Å². The lowest BCUT2D eigenvalue weighted by Crippen LogP contribution is -1.93. The molecule has 0 bridgehead atoms. The molecular formula is C68H52N2. The Morgan fingerprint density at radius 2 is 0.571 bits per heavy atom. The van der Waals surface area contributed by atoms with E-state index in [0.29, 0.717) is 0 Å². The summed E-state index contributed by atoms with van der Waals surface area (Å²) in [5.74, 6) is 0. The minimum Gasteiger partial charge on any atom is -0.341 e. The molecule has 13 aromatic rings. The first-order chi connectivity index (χ1) is 34.4. The molecule has 70 heavy (non-hydrogen) atoms. The van der Waals surface area contributed by atoms with E-state index in [-0.39, 0.29) is 0 Å². The van der Waals surface area contributed by atoms with Crippen molar-refractivity contribution in [2.24, 2.45) is 0 Å². The number of fused-ring (bicyclic) bond motifs is 8. The second-order valence-corrected chi connectivity index (χ2v) is 19.2. The number of rotatable bonds is 8. The van der Waals surface area contributed by atoms with E-state index in [1.165, 1.54) is 143 Å². The van der Waals surface area contributed by atoms with Crippen LogP contribution in [0, 0.1) is 13.8 Å². The van der Waals surface area contributed by atoms with E-state index in [1.54, 1.807) is 0 Å². The van der Waals surface area contributed by atoms with Gasteiger partial charge in [0.2, 0.25) is 0 Å². The summed E-state index contributed by atoms with van der Waals surface area (Å²) in [5, 5.41) is 10.2. The maximum Gasteiger partial charge on any atom is 0.0491 e. The molecule has 0 spiro atoms. The van der Waals surface area contributed by atoms with E-state index >= 15 is 0 Å². The van der Waals surface area contributed by atoms with Crippen molar-refractivity contribution in [3.05, 3.63) is 230 Å². The molecule has 0 aliphatic rings.